The van der Waals surface area contributed by atoms with E-state index in [1.165, 1.54) is 13.0 Å². The molecule has 0 bridgehead atoms. The van der Waals surface area contributed by atoms with Gasteiger partial charge in [0.05, 0.1) is 16.9 Å². The highest BCUT2D eigenvalue weighted by molar-refractivity contribution is 5.80. The predicted molar refractivity (Wildman–Crippen MR) is 87.6 cm³/mol. The molecule has 26 heavy (non-hydrogen) atoms. The second kappa shape index (κ2) is 6.72. The molecule has 0 radical (unpaired) electrons. The zero-order valence-corrected chi connectivity index (χ0v) is 14.8. The van der Waals surface area contributed by atoms with Gasteiger partial charge < -0.3 is 14.7 Å². The fraction of sp³-hybridized carbons (Fsp3) is 0.667. The number of likely N-dealkylation sites (tertiary alicyclic amines) is 1. The van der Waals surface area contributed by atoms with E-state index in [0.717, 1.165) is 6.07 Å². The van der Waals surface area contributed by atoms with Crippen molar-refractivity contribution < 1.29 is 27.8 Å². The van der Waals surface area contributed by atoms with Crippen molar-refractivity contribution in [1.82, 2.24) is 9.88 Å². The van der Waals surface area contributed by atoms with Gasteiger partial charge in [0.25, 0.3) is 0 Å². The molecular formula is C18H23F3N2O3. The maximum Gasteiger partial charge on any atom is 0.418 e. The van der Waals surface area contributed by atoms with Crippen molar-refractivity contribution >= 4 is 5.91 Å². The molecule has 2 heterocycles. The van der Waals surface area contributed by atoms with Crippen LogP contribution in [0.15, 0.2) is 12.1 Å². The number of halogens is 3. The quantitative estimate of drug-likeness (QED) is 0.886. The van der Waals surface area contributed by atoms with Gasteiger partial charge in [0.15, 0.2) is 0 Å². The number of pyridine rings is 1. The van der Waals surface area contributed by atoms with Crippen LogP contribution < -0.4 is 4.74 Å². The smallest absolute Gasteiger partial charge is 0.418 e. The maximum atomic E-state index is 12.8. The first-order valence-electron chi connectivity index (χ1n) is 8.78. The van der Waals surface area contributed by atoms with Crippen molar-refractivity contribution in [1.29, 1.82) is 0 Å². The van der Waals surface area contributed by atoms with Crippen molar-refractivity contribution in [3.05, 3.63) is 23.4 Å². The van der Waals surface area contributed by atoms with Crippen LogP contribution in [0.25, 0.3) is 0 Å². The van der Waals surface area contributed by atoms with E-state index in [1.807, 2.05) is 0 Å². The number of hydrogen-bond acceptors (Lipinski definition) is 4. The lowest BCUT2D eigenvalue weighted by atomic mass is 9.71. The Morgan fingerprint density at radius 3 is 2.42 bits per heavy atom. The Bertz CT molecular complexity index is 675. The van der Waals surface area contributed by atoms with Crippen LogP contribution in [0.3, 0.4) is 0 Å². The molecule has 1 amide bonds. The lowest BCUT2D eigenvalue weighted by molar-refractivity contribution is -0.151. The van der Waals surface area contributed by atoms with Crippen LogP contribution in [-0.4, -0.2) is 45.7 Å². The van der Waals surface area contributed by atoms with Gasteiger partial charge in [0.1, 0.15) is 6.10 Å². The highest BCUT2D eigenvalue weighted by Gasteiger charge is 2.44. The second-order valence-corrected chi connectivity index (χ2v) is 7.52. The first kappa shape index (κ1) is 18.9. The van der Waals surface area contributed by atoms with Crippen LogP contribution in [0.5, 0.6) is 5.88 Å². The molecule has 2 fully saturated rings. The highest BCUT2D eigenvalue weighted by Crippen LogP contribution is 2.39. The number of carbonyl (C=O) groups is 1. The Morgan fingerprint density at radius 2 is 1.92 bits per heavy atom. The first-order chi connectivity index (χ1) is 12.0. The summed E-state index contributed by atoms with van der Waals surface area (Å²) in [6, 6.07) is 2.22. The maximum absolute atomic E-state index is 12.8. The van der Waals surface area contributed by atoms with Gasteiger partial charge in [0, 0.05) is 37.9 Å². The first-order valence-corrected chi connectivity index (χ1v) is 8.78. The summed E-state index contributed by atoms with van der Waals surface area (Å²) in [5.41, 5.74) is -1.60. The molecule has 5 nitrogen and oxygen atoms in total. The molecule has 1 aliphatic heterocycles. The van der Waals surface area contributed by atoms with E-state index in [4.69, 9.17) is 4.74 Å². The number of ether oxygens (including phenoxy) is 1. The Labute approximate surface area is 150 Å². The number of rotatable bonds is 3. The Hall–Kier alpha value is -1.83. The zero-order chi connectivity index (χ0) is 19.1. The minimum absolute atomic E-state index is 0.0680. The molecular weight excluding hydrogens is 349 g/mol. The van der Waals surface area contributed by atoms with Crippen molar-refractivity contribution in [3.63, 3.8) is 0 Å². The minimum atomic E-state index is -4.42. The summed E-state index contributed by atoms with van der Waals surface area (Å²) in [6.07, 6.45) is -2.39. The molecule has 1 N–H and O–H groups in total. The van der Waals surface area contributed by atoms with Gasteiger partial charge in [-0.3, -0.25) is 4.79 Å². The molecule has 144 valence electrons. The van der Waals surface area contributed by atoms with Crippen molar-refractivity contribution in [2.24, 2.45) is 5.92 Å². The summed E-state index contributed by atoms with van der Waals surface area (Å²) in [7, 11) is 0. The molecule has 2 aliphatic rings. The summed E-state index contributed by atoms with van der Waals surface area (Å²) >= 11 is 0. The van der Waals surface area contributed by atoms with Gasteiger partial charge in [0.2, 0.25) is 11.8 Å². The lowest BCUT2D eigenvalue weighted by Gasteiger charge is -2.43. The van der Waals surface area contributed by atoms with E-state index < -0.39 is 17.3 Å². The highest BCUT2D eigenvalue weighted by atomic mass is 19.4. The van der Waals surface area contributed by atoms with E-state index in [2.05, 4.69) is 4.98 Å². The van der Waals surface area contributed by atoms with Crippen LogP contribution in [-0.2, 0) is 11.0 Å². The number of amides is 1. The van der Waals surface area contributed by atoms with E-state index in [9.17, 15) is 23.1 Å². The molecule has 3 rings (SSSR count). The largest absolute Gasteiger partial charge is 0.474 e. The van der Waals surface area contributed by atoms with Crippen molar-refractivity contribution in [3.8, 4) is 5.88 Å². The summed E-state index contributed by atoms with van der Waals surface area (Å²) in [6.45, 7) is 4.13. The van der Waals surface area contributed by atoms with Gasteiger partial charge in [-0.2, -0.15) is 13.2 Å². The molecule has 0 spiro atoms. The average Bonchev–Trinajstić information content (AvgIpc) is 2.51. The number of piperidine rings is 1. The van der Waals surface area contributed by atoms with E-state index in [-0.39, 0.29) is 29.5 Å². The third-order valence-corrected chi connectivity index (χ3v) is 5.13. The summed E-state index contributed by atoms with van der Waals surface area (Å²) in [5, 5.41) is 9.76. The Balaban J connectivity index is 1.51. The number of aryl methyl sites for hydroxylation is 1. The zero-order valence-electron chi connectivity index (χ0n) is 14.8. The number of aliphatic hydroxyl groups is 1. The van der Waals surface area contributed by atoms with Gasteiger partial charge in [-0.15, -0.1) is 0 Å². The van der Waals surface area contributed by atoms with E-state index >= 15 is 0 Å². The molecule has 1 aromatic rings. The van der Waals surface area contributed by atoms with E-state index in [1.54, 1.807) is 11.8 Å². The molecule has 8 heteroatoms. The standard InChI is InChI=1S/C18H23F3N2O3/c1-11-14(18(19,20)21)3-4-15(22-11)26-13-5-7-23(8-6-13)16(24)12-9-17(2,25)10-12/h3-4,12-13,25H,5-10H2,1-2H3/t12-,17+. The van der Waals surface area contributed by atoms with Crippen LogP contribution in [0.4, 0.5) is 13.2 Å². The summed E-state index contributed by atoms with van der Waals surface area (Å²) < 4.78 is 44.0. The fourth-order valence-electron chi connectivity index (χ4n) is 3.70. The molecule has 0 unspecified atom stereocenters. The predicted octanol–water partition coefficient (Wildman–Crippen LogP) is 2.94. The van der Waals surface area contributed by atoms with Crippen LogP contribution in [0, 0.1) is 12.8 Å². The Kier molecular flexibility index (Phi) is 4.90. The Morgan fingerprint density at radius 1 is 1.31 bits per heavy atom. The SMILES string of the molecule is Cc1nc(OC2CCN(C(=O)[C@H]3C[C@@](C)(O)C3)CC2)ccc1C(F)(F)F. The third kappa shape index (κ3) is 4.11. The number of carbonyl (C=O) groups excluding carboxylic acids is 1. The van der Waals surface area contributed by atoms with Crippen LogP contribution in [0.2, 0.25) is 0 Å². The lowest BCUT2D eigenvalue weighted by Crippen LogP contribution is -2.51. The topological polar surface area (TPSA) is 62.7 Å². The molecule has 0 aromatic carbocycles. The van der Waals surface area contributed by atoms with E-state index in [0.29, 0.717) is 38.8 Å². The van der Waals surface area contributed by atoms with Gasteiger partial charge in [-0.1, -0.05) is 0 Å². The summed E-state index contributed by atoms with van der Waals surface area (Å²) in [4.78, 5) is 18.1. The molecule has 0 atom stereocenters. The molecule has 1 saturated carbocycles. The van der Waals surface area contributed by atoms with Gasteiger partial charge in [-0.05, 0) is 32.8 Å². The number of aromatic nitrogens is 1. The third-order valence-electron chi connectivity index (χ3n) is 5.13. The molecule has 1 saturated heterocycles. The second-order valence-electron chi connectivity index (χ2n) is 7.52. The normalized spacial score (nSPS) is 27.2. The fourth-order valence-corrected chi connectivity index (χ4v) is 3.70. The van der Waals surface area contributed by atoms with Crippen LogP contribution >= 0.6 is 0 Å². The minimum Gasteiger partial charge on any atom is -0.474 e. The summed E-state index contributed by atoms with van der Waals surface area (Å²) in [5.74, 6) is 0.135. The number of hydrogen-bond donors (Lipinski definition) is 1. The molecule has 1 aromatic heterocycles. The number of alkyl halides is 3. The van der Waals surface area contributed by atoms with Crippen LogP contribution in [0.1, 0.15) is 43.9 Å². The van der Waals surface area contributed by atoms with Crippen molar-refractivity contribution in [2.75, 3.05) is 13.1 Å². The average molecular weight is 372 g/mol. The van der Waals surface area contributed by atoms with Gasteiger partial charge >= 0.3 is 6.18 Å². The molecule has 1 aliphatic carbocycles. The number of nitrogens with zero attached hydrogens (tertiary/aromatic N) is 2. The monoisotopic (exact) mass is 372 g/mol. The van der Waals surface area contributed by atoms with Gasteiger partial charge in [-0.25, -0.2) is 4.98 Å². The van der Waals surface area contributed by atoms with Crippen molar-refractivity contribution in [2.45, 2.75) is 57.4 Å².